The van der Waals surface area contributed by atoms with Gasteiger partial charge in [0.05, 0.1) is 0 Å². The van der Waals surface area contributed by atoms with Crippen LogP contribution in [0, 0.1) is 0 Å². The van der Waals surface area contributed by atoms with Gasteiger partial charge in [0.2, 0.25) is 0 Å². The van der Waals surface area contributed by atoms with Crippen LogP contribution in [0.15, 0.2) is 11.1 Å². The van der Waals surface area contributed by atoms with Crippen LogP contribution < -0.4 is 5.32 Å². The summed E-state index contributed by atoms with van der Waals surface area (Å²) in [6, 6.07) is 2.11. The van der Waals surface area contributed by atoms with Gasteiger partial charge in [0.1, 0.15) is 16.7 Å². The first-order chi connectivity index (χ1) is 9.85. The second-order valence-corrected chi connectivity index (χ2v) is 6.90. The van der Waals surface area contributed by atoms with Gasteiger partial charge in [-0.3, -0.25) is 0 Å². The zero-order valence-corrected chi connectivity index (χ0v) is 12.9. The molecule has 4 nitrogen and oxygen atoms in total. The first kappa shape index (κ1) is 14.1. The smallest absolute Gasteiger partial charge is 0.135 e. The zero-order chi connectivity index (χ0) is 13.8. The number of ether oxygens (including phenoxy) is 1. The Labute approximate surface area is 125 Å². The van der Waals surface area contributed by atoms with Crippen LogP contribution in [0.3, 0.4) is 0 Å². The molecular formula is C15H23N3OS. The van der Waals surface area contributed by atoms with Crippen molar-refractivity contribution in [3.05, 3.63) is 11.9 Å². The van der Waals surface area contributed by atoms with Crippen LogP contribution in [0.1, 0.15) is 50.8 Å². The van der Waals surface area contributed by atoms with Crippen molar-refractivity contribution in [2.45, 2.75) is 55.2 Å². The van der Waals surface area contributed by atoms with Gasteiger partial charge in [0.15, 0.2) is 0 Å². The van der Waals surface area contributed by atoms with E-state index in [1.807, 2.05) is 11.8 Å². The predicted molar refractivity (Wildman–Crippen MR) is 82.5 cm³/mol. The zero-order valence-electron chi connectivity index (χ0n) is 12.1. The summed E-state index contributed by atoms with van der Waals surface area (Å²) in [6.07, 6.45) is 5.87. The monoisotopic (exact) mass is 293 g/mol. The third kappa shape index (κ3) is 3.85. The van der Waals surface area contributed by atoms with Gasteiger partial charge < -0.3 is 10.1 Å². The molecule has 0 bridgehead atoms. The summed E-state index contributed by atoms with van der Waals surface area (Å²) in [6.45, 7) is 4.93. The molecule has 110 valence electrons. The minimum atomic E-state index is 0.604. The summed E-state index contributed by atoms with van der Waals surface area (Å²) in [7, 11) is 0. The van der Waals surface area contributed by atoms with Gasteiger partial charge in [0.25, 0.3) is 0 Å². The minimum Gasteiger partial charge on any atom is -0.381 e. The van der Waals surface area contributed by atoms with Gasteiger partial charge in [-0.1, -0.05) is 6.92 Å². The summed E-state index contributed by atoms with van der Waals surface area (Å²) >= 11 is 1.90. The van der Waals surface area contributed by atoms with E-state index in [0.29, 0.717) is 11.2 Å². The Hall–Kier alpha value is -0.810. The predicted octanol–water partition coefficient (Wildman–Crippen LogP) is 3.45. The van der Waals surface area contributed by atoms with E-state index in [0.717, 1.165) is 55.7 Å². The highest BCUT2D eigenvalue weighted by Gasteiger charge is 2.28. The molecule has 1 aliphatic heterocycles. The number of thioether (sulfide) groups is 1. The Kier molecular flexibility index (Phi) is 4.78. The lowest BCUT2D eigenvalue weighted by molar-refractivity contribution is 0.1000. The Balaban J connectivity index is 1.71. The molecule has 2 fully saturated rings. The van der Waals surface area contributed by atoms with Gasteiger partial charge >= 0.3 is 0 Å². The molecule has 1 aromatic heterocycles. The van der Waals surface area contributed by atoms with E-state index in [9.17, 15) is 0 Å². The molecule has 0 amide bonds. The molecule has 1 saturated carbocycles. The summed E-state index contributed by atoms with van der Waals surface area (Å²) in [5, 5.41) is 5.18. The number of anilines is 1. The largest absolute Gasteiger partial charge is 0.381 e. The molecule has 0 unspecified atom stereocenters. The Bertz CT molecular complexity index is 445. The average molecular weight is 293 g/mol. The maximum absolute atomic E-state index is 5.43. The summed E-state index contributed by atoms with van der Waals surface area (Å²) in [5.41, 5.74) is 0. The van der Waals surface area contributed by atoms with Crippen molar-refractivity contribution >= 4 is 17.6 Å². The summed E-state index contributed by atoms with van der Waals surface area (Å²) in [5.74, 6) is 2.64. The molecule has 2 heterocycles. The number of rotatable bonds is 6. The van der Waals surface area contributed by atoms with Gasteiger partial charge in [0, 0.05) is 37.0 Å². The quantitative estimate of drug-likeness (QED) is 0.814. The molecular weight excluding hydrogens is 270 g/mol. The third-order valence-electron chi connectivity index (χ3n) is 3.67. The van der Waals surface area contributed by atoms with Crippen LogP contribution >= 0.6 is 11.8 Å². The van der Waals surface area contributed by atoms with Crippen molar-refractivity contribution in [2.24, 2.45) is 0 Å². The number of aromatic nitrogens is 2. The fourth-order valence-corrected chi connectivity index (χ4v) is 3.43. The summed E-state index contributed by atoms with van der Waals surface area (Å²) < 4.78 is 5.43. The van der Waals surface area contributed by atoms with Crippen molar-refractivity contribution in [2.75, 3.05) is 25.1 Å². The number of nitrogens with zero attached hydrogens (tertiary/aromatic N) is 2. The molecule has 0 radical (unpaired) electrons. The van der Waals surface area contributed by atoms with E-state index in [4.69, 9.17) is 9.72 Å². The highest BCUT2D eigenvalue weighted by atomic mass is 32.2. The van der Waals surface area contributed by atoms with Crippen LogP contribution in [0.4, 0.5) is 5.82 Å². The van der Waals surface area contributed by atoms with E-state index >= 15 is 0 Å². The van der Waals surface area contributed by atoms with Crippen molar-refractivity contribution in [1.82, 2.24) is 9.97 Å². The van der Waals surface area contributed by atoms with Crippen molar-refractivity contribution in [1.29, 1.82) is 0 Å². The molecule has 1 saturated heterocycles. The number of hydrogen-bond donors (Lipinski definition) is 1. The molecule has 3 rings (SSSR count). The van der Waals surface area contributed by atoms with Crippen LogP contribution in [0.25, 0.3) is 0 Å². The average Bonchev–Trinajstić information content (AvgIpc) is 3.31. The molecule has 2 aliphatic rings. The minimum absolute atomic E-state index is 0.604. The SMILES string of the molecule is CCCNc1cc(SC2CCOCC2)nc(C2CC2)n1. The molecule has 5 heteroatoms. The van der Waals surface area contributed by atoms with Crippen molar-refractivity contribution in [3.8, 4) is 0 Å². The molecule has 0 aromatic carbocycles. The Morgan fingerprint density at radius 3 is 2.75 bits per heavy atom. The molecule has 1 N–H and O–H groups in total. The van der Waals surface area contributed by atoms with E-state index in [-0.39, 0.29) is 0 Å². The highest BCUT2D eigenvalue weighted by molar-refractivity contribution is 7.99. The van der Waals surface area contributed by atoms with E-state index in [1.54, 1.807) is 0 Å². The van der Waals surface area contributed by atoms with Gasteiger partial charge in [-0.25, -0.2) is 9.97 Å². The second-order valence-electron chi connectivity index (χ2n) is 5.58. The highest BCUT2D eigenvalue weighted by Crippen LogP contribution is 2.39. The van der Waals surface area contributed by atoms with Crippen LogP contribution in [0.2, 0.25) is 0 Å². The molecule has 0 atom stereocenters. The van der Waals surface area contributed by atoms with Crippen LogP contribution in [-0.4, -0.2) is 35.0 Å². The van der Waals surface area contributed by atoms with E-state index in [2.05, 4.69) is 23.3 Å². The lowest BCUT2D eigenvalue weighted by Crippen LogP contribution is -2.17. The first-order valence-electron chi connectivity index (χ1n) is 7.72. The van der Waals surface area contributed by atoms with E-state index < -0.39 is 0 Å². The fraction of sp³-hybridized carbons (Fsp3) is 0.733. The van der Waals surface area contributed by atoms with Gasteiger partial charge in [-0.05, 0) is 32.1 Å². The fourth-order valence-electron chi connectivity index (χ4n) is 2.34. The van der Waals surface area contributed by atoms with E-state index in [1.165, 1.54) is 12.8 Å². The van der Waals surface area contributed by atoms with Crippen molar-refractivity contribution in [3.63, 3.8) is 0 Å². The lowest BCUT2D eigenvalue weighted by Gasteiger charge is -2.21. The Morgan fingerprint density at radius 2 is 2.05 bits per heavy atom. The number of hydrogen-bond acceptors (Lipinski definition) is 5. The topological polar surface area (TPSA) is 47.0 Å². The summed E-state index contributed by atoms with van der Waals surface area (Å²) in [4.78, 5) is 9.43. The van der Waals surface area contributed by atoms with Gasteiger partial charge in [-0.2, -0.15) is 0 Å². The lowest BCUT2D eigenvalue weighted by atomic mass is 10.2. The normalized spacial score (nSPS) is 20.1. The molecule has 1 aromatic rings. The molecule has 1 aliphatic carbocycles. The van der Waals surface area contributed by atoms with Crippen molar-refractivity contribution < 1.29 is 4.74 Å². The number of nitrogens with one attached hydrogen (secondary N) is 1. The third-order valence-corrected chi connectivity index (χ3v) is 4.93. The Morgan fingerprint density at radius 1 is 1.25 bits per heavy atom. The van der Waals surface area contributed by atoms with Crippen LogP contribution in [-0.2, 0) is 4.74 Å². The first-order valence-corrected chi connectivity index (χ1v) is 8.60. The standard InChI is InChI=1S/C15H23N3OS/c1-2-7-16-13-10-14(18-15(17-13)11-3-4-11)20-12-5-8-19-9-6-12/h10-12H,2-9H2,1H3,(H,16,17,18). The van der Waals surface area contributed by atoms with Crippen LogP contribution in [0.5, 0.6) is 0 Å². The molecule has 0 spiro atoms. The molecule has 20 heavy (non-hydrogen) atoms. The maximum Gasteiger partial charge on any atom is 0.135 e. The second kappa shape index (κ2) is 6.76. The maximum atomic E-state index is 5.43. The van der Waals surface area contributed by atoms with Gasteiger partial charge in [-0.15, -0.1) is 11.8 Å².